The van der Waals surface area contributed by atoms with Crippen molar-refractivity contribution in [3.8, 4) is 5.75 Å². The molecule has 0 amide bonds. The van der Waals surface area contributed by atoms with Crippen LogP contribution >= 0.6 is 0 Å². The first kappa shape index (κ1) is 11.9. The number of rotatable bonds is 3. The Balaban J connectivity index is 2.00. The zero-order chi connectivity index (χ0) is 12.4. The average molecular weight is 235 g/mol. The van der Waals surface area contributed by atoms with E-state index in [2.05, 4.69) is 4.90 Å². The van der Waals surface area contributed by atoms with Crippen LogP contribution in [0.2, 0.25) is 0 Å². The second kappa shape index (κ2) is 4.75. The summed E-state index contributed by atoms with van der Waals surface area (Å²) in [5.41, 5.74) is 1.02. The van der Waals surface area contributed by atoms with Gasteiger partial charge in [0.2, 0.25) is 0 Å². The van der Waals surface area contributed by atoms with Gasteiger partial charge >= 0.3 is 5.97 Å². The molecule has 2 N–H and O–H groups in total. The molecule has 0 radical (unpaired) electrons. The molecular weight excluding hydrogens is 218 g/mol. The van der Waals surface area contributed by atoms with Crippen molar-refractivity contribution in [1.82, 2.24) is 4.90 Å². The standard InChI is InChI=1S/C13H17NO3/c1-9-6-14(8-12(9)13(16)17)7-10-3-2-4-11(15)5-10/h2-5,9,12,15H,6-8H2,1H3,(H,16,17)/t9-,12-/m1/s1. The smallest absolute Gasteiger partial charge is 0.308 e. The molecule has 4 nitrogen and oxygen atoms in total. The number of phenols is 1. The summed E-state index contributed by atoms with van der Waals surface area (Å²) in [6, 6.07) is 7.10. The molecule has 1 aromatic rings. The Hall–Kier alpha value is -1.55. The molecule has 1 saturated heterocycles. The Morgan fingerprint density at radius 3 is 2.82 bits per heavy atom. The number of nitrogens with zero attached hydrogens (tertiary/aromatic N) is 1. The number of carboxylic acid groups (broad SMARTS) is 1. The number of hydrogen-bond donors (Lipinski definition) is 2. The lowest BCUT2D eigenvalue weighted by Crippen LogP contribution is -2.23. The number of aliphatic carboxylic acids is 1. The second-order valence-electron chi connectivity index (χ2n) is 4.79. The minimum Gasteiger partial charge on any atom is -0.508 e. The quantitative estimate of drug-likeness (QED) is 0.834. The first-order chi connectivity index (χ1) is 8.06. The lowest BCUT2D eigenvalue weighted by molar-refractivity contribution is -0.142. The Labute approximate surface area is 100 Å². The minimum absolute atomic E-state index is 0.185. The molecule has 17 heavy (non-hydrogen) atoms. The van der Waals surface area contributed by atoms with Gasteiger partial charge in [-0.25, -0.2) is 0 Å². The van der Waals surface area contributed by atoms with E-state index >= 15 is 0 Å². The Kier molecular flexibility index (Phi) is 3.33. The fourth-order valence-corrected chi connectivity index (χ4v) is 2.43. The lowest BCUT2D eigenvalue weighted by atomic mass is 9.99. The van der Waals surface area contributed by atoms with Crippen LogP contribution in [0.1, 0.15) is 12.5 Å². The summed E-state index contributed by atoms with van der Waals surface area (Å²) in [6.45, 7) is 4.06. The first-order valence-corrected chi connectivity index (χ1v) is 5.79. The lowest BCUT2D eigenvalue weighted by Gasteiger charge is -2.15. The van der Waals surface area contributed by atoms with Gasteiger partial charge in [-0.05, 0) is 23.6 Å². The van der Waals surface area contributed by atoms with Gasteiger partial charge in [-0.15, -0.1) is 0 Å². The largest absolute Gasteiger partial charge is 0.508 e. The molecule has 1 heterocycles. The van der Waals surface area contributed by atoms with Crippen molar-refractivity contribution >= 4 is 5.97 Å². The molecule has 0 unspecified atom stereocenters. The molecular formula is C13H17NO3. The predicted octanol–water partition coefficient (Wildman–Crippen LogP) is 1.54. The Bertz CT molecular complexity index is 419. The van der Waals surface area contributed by atoms with Gasteiger partial charge in [0.25, 0.3) is 0 Å². The van der Waals surface area contributed by atoms with Crippen molar-refractivity contribution in [2.24, 2.45) is 11.8 Å². The highest BCUT2D eigenvalue weighted by molar-refractivity contribution is 5.71. The second-order valence-corrected chi connectivity index (χ2v) is 4.79. The summed E-state index contributed by atoms with van der Waals surface area (Å²) in [6.07, 6.45) is 0. The maximum absolute atomic E-state index is 11.0. The first-order valence-electron chi connectivity index (χ1n) is 5.79. The van der Waals surface area contributed by atoms with Gasteiger partial charge in [-0.2, -0.15) is 0 Å². The fourth-order valence-electron chi connectivity index (χ4n) is 2.43. The molecule has 0 aromatic heterocycles. The summed E-state index contributed by atoms with van der Waals surface area (Å²) in [5, 5.41) is 18.4. The zero-order valence-electron chi connectivity index (χ0n) is 9.84. The van der Waals surface area contributed by atoms with E-state index in [4.69, 9.17) is 5.11 Å². The number of benzene rings is 1. The highest BCUT2D eigenvalue weighted by Crippen LogP contribution is 2.25. The summed E-state index contributed by atoms with van der Waals surface area (Å²) >= 11 is 0. The van der Waals surface area contributed by atoms with Gasteiger partial charge in [-0.3, -0.25) is 9.69 Å². The van der Waals surface area contributed by atoms with Gasteiger partial charge in [0.15, 0.2) is 0 Å². The number of carbonyl (C=O) groups is 1. The van der Waals surface area contributed by atoms with Crippen molar-refractivity contribution in [2.45, 2.75) is 13.5 Å². The van der Waals surface area contributed by atoms with Crippen LogP contribution in [-0.4, -0.2) is 34.2 Å². The average Bonchev–Trinajstić information content (AvgIpc) is 2.59. The van der Waals surface area contributed by atoms with Crippen LogP contribution in [0.3, 0.4) is 0 Å². The molecule has 0 bridgehead atoms. The summed E-state index contributed by atoms with van der Waals surface area (Å²) < 4.78 is 0. The molecule has 0 saturated carbocycles. The molecule has 1 aliphatic heterocycles. The van der Waals surface area contributed by atoms with E-state index in [-0.39, 0.29) is 17.6 Å². The van der Waals surface area contributed by atoms with Crippen LogP contribution in [0.15, 0.2) is 24.3 Å². The van der Waals surface area contributed by atoms with Crippen LogP contribution in [-0.2, 0) is 11.3 Å². The number of aromatic hydroxyl groups is 1. The third-order valence-corrected chi connectivity index (χ3v) is 3.32. The highest BCUT2D eigenvalue weighted by Gasteiger charge is 2.34. The number of carboxylic acids is 1. The van der Waals surface area contributed by atoms with E-state index in [0.29, 0.717) is 13.1 Å². The van der Waals surface area contributed by atoms with Crippen LogP contribution in [0.25, 0.3) is 0 Å². The van der Waals surface area contributed by atoms with Gasteiger partial charge in [0.05, 0.1) is 5.92 Å². The summed E-state index contributed by atoms with van der Waals surface area (Å²) in [7, 11) is 0. The van der Waals surface area contributed by atoms with Gasteiger partial charge in [0.1, 0.15) is 5.75 Å². The maximum atomic E-state index is 11.0. The Morgan fingerprint density at radius 2 is 2.24 bits per heavy atom. The van der Waals surface area contributed by atoms with Gasteiger partial charge in [0, 0.05) is 19.6 Å². The van der Waals surface area contributed by atoms with E-state index in [9.17, 15) is 9.90 Å². The normalized spacial score (nSPS) is 25.0. The monoisotopic (exact) mass is 235 g/mol. The van der Waals surface area contributed by atoms with E-state index in [1.54, 1.807) is 18.2 Å². The van der Waals surface area contributed by atoms with Crippen LogP contribution in [0.4, 0.5) is 0 Å². The van der Waals surface area contributed by atoms with Gasteiger partial charge in [-0.1, -0.05) is 19.1 Å². The summed E-state index contributed by atoms with van der Waals surface area (Å²) in [5.74, 6) is -0.544. The minimum atomic E-state index is -0.712. The van der Waals surface area contributed by atoms with E-state index in [1.807, 2.05) is 13.0 Å². The molecule has 2 rings (SSSR count). The molecule has 0 spiro atoms. The van der Waals surface area contributed by atoms with E-state index in [1.165, 1.54) is 0 Å². The predicted molar refractivity (Wildman–Crippen MR) is 63.7 cm³/mol. The fraction of sp³-hybridized carbons (Fsp3) is 0.462. The molecule has 0 aliphatic carbocycles. The van der Waals surface area contributed by atoms with E-state index in [0.717, 1.165) is 12.1 Å². The van der Waals surface area contributed by atoms with Crippen molar-refractivity contribution in [3.05, 3.63) is 29.8 Å². The molecule has 1 fully saturated rings. The third-order valence-electron chi connectivity index (χ3n) is 3.32. The van der Waals surface area contributed by atoms with Crippen molar-refractivity contribution < 1.29 is 15.0 Å². The van der Waals surface area contributed by atoms with Crippen molar-refractivity contribution in [1.29, 1.82) is 0 Å². The van der Waals surface area contributed by atoms with Crippen LogP contribution in [0.5, 0.6) is 5.75 Å². The number of hydrogen-bond acceptors (Lipinski definition) is 3. The van der Waals surface area contributed by atoms with Crippen molar-refractivity contribution in [2.75, 3.05) is 13.1 Å². The molecule has 1 aliphatic rings. The molecule has 4 heteroatoms. The van der Waals surface area contributed by atoms with Crippen molar-refractivity contribution in [3.63, 3.8) is 0 Å². The SMILES string of the molecule is C[C@@H]1CN(Cc2cccc(O)c2)C[C@H]1C(=O)O. The van der Waals surface area contributed by atoms with Crippen LogP contribution in [0, 0.1) is 11.8 Å². The zero-order valence-corrected chi connectivity index (χ0v) is 9.84. The highest BCUT2D eigenvalue weighted by atomic mass is 16.4. The molecule has 92 valence electrons. The Morgan fingerprint density at radius 1 is 1.47 bits per heavy atom. The third kappa shape index (κ3) is 2.77. The van der Waals surface area contributed by atoms with E-state index < -0.39 is 5.97 Å². The van der Waals surface area contributed by atoms with Gasteiger partial charge < -0.3 is 10.2 Å². The number of phenolic OH excluding ortho intramolecular Hbond substituents is 1. The topological polar surface area (TPSA) is 60.8 Å². The van der Waals surface area contributed by atoms with Crippen LogP contribution < -0.4 is 0 Å². The maximum Gasteiger partial charge on any atom is 0.308 e. The molecule has 2 atom stereocenters. The number of likely N-dealkylation sites (tertiary alicyclic amines) is 1. The summed E-state index contributed by atoms with van der Waals surface area (Å²) in [4.78, 5) is 13.1. The molecule has 1 aromatic carbocycles.